The number of para-hydroxylation sites is 1. The van der Waals surface area contributed by atoms with Gasteiger partial charge in [0.15, 0.2) is 0 Å². The molecule has 0 aromatic heterocycles. The van der Waals surface area contributed by atoms with E-state index in [1.54, 1.807) is 0 Å². The van der Waals surface area contributed by atoms with Crippen LogP contribution in [0.25, 0.3) is 0 Å². The van der Waals surface area contributed by atoms with Gasteiger partial charge < -0.3 is 9.84 Å². The molecule has 3 nitrogen and oxygen atoms in total. The number of rotatable bonds is 7. The Balaban J connectivity index is 2.44. The molecule has 1 aromatic carbocycles. The zero-order chi connectivity index (χ0) is 15.5. The van der Waals surface area contributed by atoms with Crippen LogP contribution in [0.15, 0.2) is 18.2 Å². The molecular formula is C18H29NO2. The summed E-state index contributed by atoms with van der Waals surface area (Å²) in [4.78, 5) is 2.39. The lowest BCUT2D eigenvalue weighted by Gasteiger charge is -2.46. The van der Waals surface area contributed by atoms with Gasteiger partial charge in [0.25, 0.3) is 0 Å². The monoisotopic (exact) mass is 291 g/mol. The predicted octanol–water partition coefficient (Wildman–Crippen LogP) is 3.56. The zero-order valence-corrected chi connectivity index (χ0v) is 13.9. The molecular weight excluding hydrogens is 262 g/mol. The standard InChI is InChI=1S/C18H29NO2/c1-5-18(6-2,19(7-3)8-4)17(20)15-11-9-10-14-12-13-21-16(14)15/h9-11,17,20H,5-8,12-13H2,1-4H3. The number of likely N-dealkylation sites (N-methyl/N-ethyl adjacent to an activating group) is 1. The highest BCUT2D eigenvalue weighted by Gasteiger charge is 2.41. The number of hydrogen-bond acceptors (Lipinski definition) is 3. The molecule has 0 amide bonds. The van der Waals surface area contributed by atoms with Crippen molar-refractivity contribution in [2.75, 3.05) is 19.7 Å². The summed E-state index contributed by atoms with van der Waals surface area (Å²) < 4.78 is 5.80. The van der Waals surface area contributed by atoms with Gasteiger partial charge in [-0.3, -0.25) is 4.90 Å². The summed E-state index contributed by atoms with van der Waals surface area (Å²) in [6, 6.07) is 6.18. The highest BCUT2D eigenvalue weighted by molar-refractivity contribution is 5.46. The summed E-state index contributed by atoms with van der Waals surface area (Å²) in [5.41, 5.74) is 1.97. The minimum absolute atomic E-state index is 0.218. The molecule has 0 aliphatic carbocycles. The summed E-state index contributed by atoms with van der Waals surface area (Å²) in [5.74, 6) is 0.920. The van der Waals surface area contributed by atoms with Crippen LogP contribution in [-0.4, -0.2) is 35.2 Å². The van der Waals surface area contributed by atoms with Crippen molar-refractivity contribution in [1.29, 1.82) is 0 Å². The van der Waals surface area contributed by atoms with Crippen LogP contribution in [0.5, 0.6) is 5.75 Å². The van der Waals surface area contributed by atoms with Gasteiger partial charge in [0, 0.05) is 12.0 Å². The minimum Gasteiger partial charge on any atom is -0.493 e. The van der Waals surface area contributed by atoms with E-state index in [1.807, 2.05) is 12.1 Å². The molecule has 1 atom stereocenters. The smallest absolute Gasteiger partial charge is 0.128 e. The Hall–Kier alpha value is -1.06. The summed E-state index contributed by atoms with van der Waals surface area (Å²) in [5, 5.41) is 11.2. The molecule has 0 saturated heterocycles. The second kappa shape index (κ2) is 6.80. The molecule has 1 unspecified atom stereocenters. The summed E-state index contributed by atoms with van der Waals surface area (Å²) >= 11 is 0. The predicted molar refractivity (Wildman–Crippen MR) is 86.8 cm³/mol. The highest BCUT2D eigenvalue weighted by atomic mass is 16.5. The Morgan fingerprint density at radius 1 is 1.19 bits per heavy atom. The molecule has 1 aromatic rings. The van der Waals surface area contributed by atoms with E-state index < -0.39 is 6.10 Å². The number of ether oxygens (including phenoxy) is 1. The van der Waals surface area contributed by atoms with Crippen LogP contribution < -0.4 is 4.74 Å². The van der Waals surface area contributed by atoms with Crippen molar-refractivity contribution in [3.05, 3.63) is 29.3 Å². The van der Waals surface area contributed by atoms with E-state index in [4.69, 9.17) is 4.74 Å². The van der Waals surface area contributed by atoms with Crippen molar-refractivity contribution in [3.63, 3.8) is 0 Å². The summed E-state index contributed by atoms with van der Waals surface area (Å²) in [6.45, 7) is 11.3. The van der Waals surface area contributed by atoms with E-state index >= 15 is 0 Å². The number of aliphatic hydroxyl groups excluding tert-OH is 1. The summed E-state index contributed by atoms with van der Waals surface area (Å²) in [6.07, 6.45) is 2.29. The molecule has 2 rings (SSSR count). The molecule has 0 radical (unpaired) electrons. The molecule has 0 saturated carbocycles. The lowest BCUT2D eigenvalue weighted by Crippen LogP contribution is -2.52. The molecule has 118 valence electrons. The normalized spacial score (nSPS) is 15.9. The second-order valence-corrected chi connectivity index (χ2v) is 5.82. The van der Waals surface area contributed by atoms with Crippen LogP contribution in [-0.2, 0) is 6.42 Å². The van der Waals surface area contributed by atoms with E-state index in [0.29, 0.717) is 0 Å². The first kappa shape index (κ1) is 16.3. The van der Waals surface area contributed by atoms with Gasteiger partial charge in [0.2, 0.25) is 0 Å². The second-order valence-electron chi connectivity index (χ2n) is 5.82. The largest absolute Gasteiger partial charge is 0.493 e. The van der Waals surface area contributed by atoms with E-state index in [9.17, 15) is 5.11 Å². The van der Waals surface area contributed by atoms with Crippen LogP contribution in [0, 0.1) is 0 Å². The molecule has 21 heavy (non-hydrogen) atoms. The van der Waals surface area contributed by atoms with Crippen LogP contribution in [0.1, 0.15) is 57.8 Å². The Bertz CT molecular complexity index is 464. The van der Waals surface area contributed by atoms with Crippen LogP contribution in [0.2, 0.25) is 0 Å². The Kier molecular flexibility index (Phi) is 5.28. The fourth-order valence-corrected chi connectivity index (χ4v) is 3.86. The lowest BCUT2D eigenvalue weighted by atomic mass is 9.80. The highest BCUT2D eigenvalue weighted by Crippen LogP contribution is 2.42. The maximum atomic E-state index is 11.2. The number of nitrogens with zero attached hydrogens (tertiary/aromatic N) is 1. The molecule has 1 aliphatic rings. The zero-order valence-electron chi connectivity index (χ0n) is 13.9. The minimum atomic E-state index is -0.513. The molecule has 0 bridgehead atoms. The number of aliphatic hydroxyl groups is 1. The topological polar surface area (TPSA) is 32.7 Å². The van der Waals surface area contributed by atoms with Crippen LogP contribution in [0.4, 0.5) is 0 Å². The van der Waals surface area contributed by atoms with Crippen LogP contribution in [0.3, 0.4) is 0 Å². The number of hydrogen-bond donors (Lipinski definition) is 1. The van der Waals surface area contributed by atoms with Gasteiger partial charge >= 0.3 is 0 Å². The maximum absolute atomic E-state index is 11.2. The first-order valence-electron chi connectivity index (χ1n) is 8.32. The molecule has 3 heteroatoms. The van der Waals surface area contributed by atoms with Gasteiger partial charge in [-0.1, -0.05) is 45.9 Å². The van der Waals surface area contributed by atoms with Crippen LogP contribution >= 0.6 is 0 Å². The molecule has 1 aliphatic heterocycles. The Labute approximate surface area is 128 Å². The summed E-state index contributed by atoms with van der Waals surface area (Å²) in [7, 11) is 0. The van der Waals surface area contributed by atoms with Crippen molar-refractivity contribution < 1.29 is 9.84 Å². The van der Waals surface area contributed by atoms with E-state index in [2.05, 4.69) is 38.7 Å². The maximum Gasteiger partial charge on any atom is 0.128 e. The van der Waals surface area contributed by atoms with E-state index in [1.165, 1.54) is 5.56 Å². The van der Waals surface area contributed by atoms with Gasteiger partial charge in [-0.25, -0.2) is 0 Å². The van der Waals surface area contributed by atoms with E-state index in [-0.39, 0.29) is 5.54 Å². The van der Waals surface area contributed by atoms with Gasteiger partial charge in [-0.15, -0.1) is 0 Å². The van der Waals surface area contributed by atoms with Crippen molar-refractivity contribution in [2.45, 2.75) is 58.6 Å². The number of benzene rings is 1. The van der Waals surface area contributed by atoms with Gasteiger partial charge in [-0.2, -0.15) is 0 Å². The third-order valence-electron chi connectivity index (χ3n) is 5.17. The Morgan fingerprint density at radius 3 is 2.43 bits per heavy atom. The molecule has 0 spiro atoms. The van der Waals surface area contributed by atoms with Gasteiger partial charge in [-0.05, 0) is 31.5 Å². The van der Waals surface area contributed by atoms with E-state index in [0.717, 1.165) is 50.3 Å². The fourth-order valence-electron chi connectivity index (χ4n) is 3.86. The quantitative estimate of drug-likeness (QED) is 0.834. The number of fused-ring (bicyclic) bond motifs is 1. The SMILES string of the molecule is CCN(CC)C(CC)(CC)C(O)c1cccc2c1OCC2. The molecule has 0 fully saturated rings. The third kappa shape index (κ3) is 2.69. The first-order valence-corrected chi connectivity index (χ1v) is 8.32. The Morgan fingerprint density at radius 2 is 1.86 bits per heavy atom. The average Bonchev–Trinajstić information content (AvgIpc) is 3.00. The molecule has 1 heterocycles. The van der Waals surface area contributed by atoms with Crippen molar-refractivity contribution in [1.82, 2.24) is 4.90 Å². The first-order chi connectivity index (χ1) is 10.1. The van der Waals surface area contributed by atoms with Gasteiger partial charge in [0.1, 0.15) is 11.9 Å². The van der Waals surface area contributed by atoms with Crippen molar-refractivity contribution >= 4 is 0 Å². The van der Waals surface area contributed by atoms with Gasteiger partial charge in [0.05, 0.1) is 12.1 Å². The lowest BCUT2D eigenvalue weighted by molar-refractivity contribution is -0.0375. The van der Waals surface area contributed by atoms with Crippen molar-refractivity contribution in [2.24, 2.45) is 0 Å². The average molecular weight is 291 g/mol. The fraction of sp³-hybridized carbons (Fsp3) is 0.667. The van der Waals surface area contributed by atoms with Crippen molar-refractivity contribution in [3.8, 4) is 5.75 Å². The molecule has 1 N–H and O–H groups in total. The third-order valence-corrected chi connectivity index (χ3v) is 5.17.